The van der Waals surface area contributed by atoms with E-state index in [-0.39, 0.29) is 42.4 Å². The molecule has 11 heteroatoms. The van der Waals surface area contributed by atoms with E-state index < -0.39 is 12.5 Å². The molecule has 0 radical (unpaired) electrons. The summed E-state index contributed by atoms with van der Waals surface area (Å²) in [5, 5.41) is 7.64. The van der Waals surface area contributed by atoms with E-state index in [1.165, 1.54) is 0 Å². The Labute approximate surface area is 180 Å². The topological polar surface area (TPSA) is 86.5 Å². The number of amides is 1. The number of carbonyl (C=O) groups excluding carboxylic acids is 1. The van der Waals surface area contributed by atoms with Gasteiger partial charge in [-0.25, -0.2) is 0 Å². The van der Waals surface area contributed by atoms with E-state index in [2.05, 4.69) is 20.2 Å². The van der Waals surface area contributed by atoms with E-state index in [1.807, 2.05) is 12.1 Å². The second kappa shape index (κ2) is 7.18. The van der Waals surface area contributed by atoms with Gasteiger partial charge in [-0.2, -0.15) is 4.98 Å². The molecule has 0 unspecified atom stereocenters. The number of hydrogen-bond acceptors (Lipinski definition) is 6. The fraction of sp³-hybridized carbons (Fsp3) is 0.550. The molecule has 0 aliphatic heterocycles. The zero-order valence-electron chi connectivity index (χ0n) is 16.2. The van der Waals surface area contributed by atoms with Gasteiger partial charge in [0.05, 0.1) is 17.6 Å². The number of nitrogens with one attached hydrogen (secondary N) is 1. The molecule has 1 N–H and O–H groups in total. The Morgan fingerprint density at radius 3 is 2.52 bits per heavy atom. The average molecular weight is 458 g/mol. The molecule has 0 spiro atoms. The van der Waals surface area contributed by atoms with Crippen LogP contribution in [-0.2, 0) is 19.7 Å². The first-order valence-corrected chi connectivity index (χ1v) is 10.3. The number of rotatable bonds is 7. The van der Waals surface area contributed by atoms with Gasteiger partial charge in [0.25, 0.3) is 0 Å². The molecule has 0 saturated heterocycles. The van der Waals surface area contributed by atoms with Crippen LogP contribution in [0.1, 0.15) is 38.0 Å². The van der Waals surface area contributed by atoms with Gasteiger partial charge >= 0.3 is 6.36 Å². The zero-order chi connectivity index (χ0) is 21.9. The molecule has 1 aromatic carbocycles. The molecule has 4 fully saturated rings. The molecule has 2 aromatic rings. The standard InChI is InChI=1S/C20H19ClF3N3O4/c21-12-3-1-11(2-4-12)16-25-17(31-27-16)18-8-19(9-18,10-18)26-15(28)7-29-13-5-14(6-13)30-20(22,23)24/h1-4,13-14H,5-10H2,(H,26,28)/t13-,14+,18?,19?. The number of carbonyl (C=O) groups is 1. The molecule has 2 bridgehead atoms. The number of nitrogens with zero attached hydrogens (tertiary/aromatic N) is 2. The lowest BCUT2D eigenvalue weighted by atomic mass is 9.39. The Hall–Kier alpha value is -2.17. The third-order valence-electron chi connectivity index (χ3n) is 6.22. The Balaban J connectivity index is 1.06. The number of ether oxygens (including phenoxy) is 2. The van der Waals surface area contributed by atoms with Crippen molar-refractivity contribution in [1.82, 2.24) is 15.5 Å². The Kier molecular flexibility index (Phi) is 4.80. The molecule has 4 aliphatic carbocycles. The highest BCUT2D eigenvalue weighted by Crippen LogP contribution is 2.67. The van der Waals surface area contributed by atoms with Crippen molar-refractivity contribution >= 4 is 17.5 Å². The Morgan fingerprint density at radius 1 is 1.19 bits per heavy atom. The summed E-state index contributed by atoms with van der Waals surface area (Å²) < 4.78 is 51.1. The smallest absolute Gasteiger partial charge is 0.368 e. The van der Waals surface area contributed by atoms with Crippen LogP contribution in [0.15, 0.2) is 28.8 Å². The highest BCUT2D eigenvalue weighted by Gasteiger charge is 2.72. The third kappa shape index (κ3) is 4.04. The summed E-state index contributed by atoms with van der Waals surface area (Å²) in [5.41, 5.74) is 0.309. The first-order valence-electron chi connectivity index (χ1n) is 9.91. The molecular formula is C20H19ClF3N3O4. The van der Waals surface area contributed by atoms with Gasteiger partial charge in [-0.15, -0.1) is 13.2 Å². The number of benzene rings is 1. The first kappa shape index (κ1) is 20.7. The van der Waals surface area contributed by atoms with Crippen molar-refractivity contribution in [2.75, 3.05) is 6.61 Å². The lowest BCUT2D eigenvalue weighted by Crippen LogP contribution is -2.77. The van der Waals surface area contributed by atoms with E-state index in [4.69, 9.17) is 20.9 Å². The largest absolute Gasteiger partial charge is 0.522 e. The molecule has 1 aromatic heterocycles. The van der Waals surface area contributed by atoms with Gasteiger partial charge in [-0.3, -0.25) is 9.53 Å². The van der Waals surface area contributed by atoms with Crippen molar-refractivity contribution in [3.63, 3.8) is 0 Å². The van der Waals surface area contributed by atoms with Crippen LogP contribution >= 0.6 is 11.6 Å². The van der Waals surface area contributed by atoms with Crippen molar-refractivity contribution in [2.45, 2.75) is 61.6 Å². The van der Waals surface area contributed by atoms with Crippen LogP contribution in [-0.4, -0.2) is 46.8 Å². The number of hydrogen-bond donors (Lipinski definition) is 1. The number of aromatic nitrogens is 2. The summed E-state index contributed by atoms with van der Waals surface area (Å²) in [5.74, 6) is 0.784. The summed E-state index contributed by atoms with van der Waals surface area (Å²) in [6, 6.07) is 7.15. The van der Waals surface area contributed by atoms with Crippen molar-refractivity contribution < 1.29 is 32.0 Å². The Bertz CT molecular complexity index is 969. The van der Waals surface area contributed by atoms with Crippen molar-refractivity contribution in [2.24, 2.45) is 0 Å². The van der Waals surface area contributed by atoms with Gasteiger partial charge in [-0.05, 0) is 43.5 Å². The summed E-state index contributed by atoms with van der Waals surface area (Å²) in [6.07, 6.45) is -3.53. The van der Waals surface area contributed by atoms with Crippen LogP contribution in [0, 0.1) is 0 Å². The van der Waals surface area contributed by atoms with E-state index in [0.717, 1.165) is 5.56 Å². The summed E-state index contributed by atoms with van der Waals surface area (Å²) in [6.45, 7) is -0.181. The fourth-order valence-corrected chi connectivity index (χ4v) is 4.89. The van der Waals surface area contributed by atoms with E-state index in [0.29, 0.717) is 36.0 Å². The summed E-state index contributed by atoms with van der Waals surface area (Å²) in [7, 11) is 0. The molecule has 1 heterocycles. The van der Waals surface area contributed by atoms with Crippen LogP contribution < -0.4 is 5.32 Å². The van der Waals surface area contributed by atoms with Gasteiger partial charge in [0.15, 0.2) is 0 Å². The highest BCUT2D eigenvalue weighted by atomic mass is 35.5. The predicted molar refractivity (Wildman–Crippen MR) is 101 cm³/mol. The predicted octanol–water partition coefficient (Wildman–Crippen LogP) is 3.76. The molecular weight excluding hydrogens is 439 g/mol. The molecule has 4 aliphatic rings. The monoisotopic (exact) mass is 457 g/mol. The van der Waals surface area contributed by atoms with Crippen LogP contribution in [0.4, 0.5) is 13.2 Å². The minimum atomic E-state index is -4.64. The Morgan fingerprint density at radius 2 is 1.87 bits per heavy atom. The van der Waals surface area contributed by atoms with Gasteiger partial charge in [-0.1, -0.05) is 16.8 Å². The first-order chi connectivity index (χ1) is 14.6. The third-order valence-corrected chi connectivity index (χ3v) is 6.47. The molecule has 4 saturated carbocycles. The van der Waals surface area contributed by atoms with Crippen LogP contribution in [0.25, 0.3) is 11.4 Å². The lowest BCUT2D eigenvalue weighted by Gasteiger charge is -2.68. The molecule has 7 nitrogen and oxygen atoms in total. The molecule has 1 amide bonds. The zero-order valence-corrected chi connectivity index (χ0v) is 17.0. The quantitative estimate of drug-likeness (QED) is 0.681. The second-order valence-corrected chi connectivity index (χ2v) is 9.10. The van der Waals surface area contributed by atoms with Crippen molar-refractivity contribution in [3.05, 3.63) is 35.2 Å². The van der Waals surface area contributed by atoms with Gasteiger partial charge in [0, 0.05) is 29.0 Å². The SMILES string of the molecule is O=C(CO[C@H]1C[C@@H](OC(F)(F)F)C1)NC12CC(c3nc(-c4ccc(Cl)cc4)no3)(C1)C2. The summed E-state index contributed by atoms with van der Waals surface area (Å²) in [4.78, 5) is 16.7. The number of alkyl halides is 3. The lowest BCUT2D eigenvalue weighted by molar-refractivity contribution is -0.357. The molecule has 6 rings (SSSR count). The molecule has 31 heavy (non-hydrogen) atoms. The van der Waals surface area contributed by atoms with Gasteiger partial charge < -0.3 is 14.6 Å². The molecule has 166 valence electrons. The fourth-order valence-electron chi connectivity index (χ4n) is 4.77. The van der Waals surface area contributed by atoms with Crippen molar-refractivity contribution in [1.29, 1.82) is 0 Å². The maximum atomic E-state index is 12.2. The average Bonchev–Trinajstić information content (AvgIpc) is 3.08. The maximum absolute atomic E-state index is 12.2. The maximum Gasteiger partial charge on any atom is 0.522 e. The minimum Gasteiger partial charge on any atom is -0.368 e. The van der Waals surface area contributed by atoms with Gasteiger partial charge in [0.1, 0.15) is 6.61 Å². The van der Waals surface area contributed by atoms with Gasteiger partial charge in [0.2, 0.25) is 17.6 Å². The minimum absolute atomic E-state index is 0.133. The van der Waals surface area contributed by atoms with E-state index >= 15 is 0 Å². The highest BCUT2D eigenvalue weighted by molar-refractivity contribution is 6.30. The van der Waals surface area contributed by atoms with E-state index in [1.54, 1.807) is 12.1 Å². The van der Waals surface area contributed by atoms with Crippen molar-refractivity contribution in [3.8, 4) is 11.4 Å². The van der Waals surface area contributed by atoms with Crippen LogP contribution in [0.5, 0.6) is 0 Å². The second-order valence-electron chi connectivity index (χ2n) is 8.66. The van der Waals surface area contributed by atoms with Crippen LogP contribution in [0.2, 0.25) is 5.02 Å². The number of halogens is 4. The summed E-state index contributed by atoms with van der Waals surface area (Å²) >= 11 is 5.90. The normalized spacial score (nSPS) is 31.4. The molecule has 0 atom stereocenters. The van der Waals surface area contributed by atoms with Crippen LogP contribution in [0.3, 0.4) is 0 Å². The van der Waals surface area contributed by atoms with E-state index in [9.17, 15) is 18.0 Å².